The second-order valence-electron chi connectivity index (χ2n) is 8.72. The number of hydrogen-bond acceptors (Lipinski definition) is 6. The summed E-state index contributed by atoms with van der Waals surface area (Å²) in [5, 5.41) is 11.9. The van der Waals surface area contributed by atoms with Crippen molar-refractivity contribution in [3.63, 3.8) is 0 Å². The highest BCUT2D eigenvalue weighted by molar-refractivity contribution is 6.34. The number of carbonyl (C=O) groups is 2. The Kier molecular flexibility index (Phi) is 8.13. The number of halogens is 4. The second-order valence-corrected chi connectivity index (χ2v) is 9.13. The fourth-order valence-corrected chi connectivity index (χ4v) is 4.44. The molecule has 8 nitrogen and oxygen atoms in total. The molecular formula is C25H24ClF3N4O4. The Hall–Kier alpha value is -3.44. The van der Waals surface area contributed by atoms with Crippen LogP contribution in [0.4, 0.5) is 18.9 Å². The maximum Gasteiger partial charge on any atom is 0.490 e. The van der Waals surface area contributed by atoms with Crippen LogP contribution in [0, 0.1) is 0 Å². The third-order valence-electron chi connectivity index (χ3n) is 6.02. The van der Waals surface area contributed by atoms with Crippen LogP contribution in [0.5, 0.6) is 0 Å². The van der Waals surface area contributed by atoms with E-state index in [1.165, 1.54) is 18.4 Å². The van der Waals surface area contributed by atoms with Gasteiger partial charge < -0.3 is 14.5 Å². The van der Waals surface area contributed by atoms with Gasteiger partial charge in [0.25, 0.3) is 5.89 Å². The number of amides is 1. The molecule has 2 fully saturated rings. The zero-order valence-electron chi connectivity index (χ0n) is 19.7. The highest BCUT2D eigenvalue weighted by Crippen LogP contribution is 2.34. The lowest BCUT2D eigenvalue weighted by Gasteiger charge is -2.17. The van der Waals surface area contributed by atoms with E-state index in [2.05, 4.69) is 27.2 Å². The van der Waals surface area contributed by atoms with Crippen molar-refractivity contribution < 1.29 is 32.4 Å². The zero-order valence-corrected chi connectivity index (χ0v) is 20.4. The van der Waals surface area contributed by atoms with Gasteiger partial charge in [0.2, 0.25) is 11.7 Å². The molecule has 3 aromatic rings. The largest absolute Gasteiger partial charge is 0.490 e. The molecule has 1 amide bonds. The van der Waals surface area contributed by atoms with Crippen LogP contribution >= 0.6 is 11.6 Å². The lowest BCUT2D eigenvalue weighted by atomic mass is 10.1. The summed E-state index contributed by atoms with van der Waals surface area (Å²) in [6, 6.07) is 13.8. The first-order valence-corrected chi connectivity index (χ1v) is 12.1. The Morgan fingerprint density at radius 1 is 1.05 bits per heavy atom. The normalized spacial score (nSPS) is 16.1. The van der Waals surface area contributed by atoms with Crippen LogP contribution in [0.3, 0.4) is 0 Å². The molecule has 3 heterocycles. The molecule has 0 saturated carbocycles. The van der Waals surface area contributed by atoms with Gasteiger partial charge in [-0.2, -0.15) is 18.2 Å². The van der Waals surface area contributed by atoms with E-state index in [9.17, 15) is 18.0 Å². The molecule has 2 aliphatic heterocycles. The van der Waals surface area contributed by atoms with Gasteiger partial charge in [-0.05, 0) is 62.2 Å². The molecule has 0 radical (unpaired) electrons. The van der Waals surface area contributed by atoms with Gasteiger partial charge in [0.1, 0.15) is 0 Å². The predicted octanol–water partition coefficient (Wildman–Crippen LogP) is 5.41. The van der Waals surface area contributed by atoms with Crippen molar-refractivity contribution in [1.82, 2.24) is 15.0 Å². The first kappa shape index (κ1) is 26.6. The molecule has 5 rings (SSSR count). The number of hydrogen-bond donors (Lipinski definition) is 1. The molecule has 0 unspecified atom stereocenters. The van der Waals surface area contributed by atoms with Crippen LogP contribution in [-0.4, -0.2) is 57.8 Å². The van der Waals surface area contributed by atoms with Gasteiger partial charge in [0.05, 0.1) is 10.7 Å². The van der Waals surface area contributed by atoms with E-state index in [1.807, 2.05) is 24.3 Å². The SMILES string of the molecule is O=C(O)C(F)(F)F.O=C1CCCN1c1cc(-c2nc(-c3cccc(CN4CCCC4)c3)no2)ccc1Cl. The topological polar surface area (TPSA) is 99.8 Å². The number of alkyl halides is 3. The lowest BCUT2D eigenvalue weighted by molar-refractivity contribution is -0.192. The third-order valence-corrected chi connectivity index (χ3v) is 6.34. The van der Waals surface area contributed by atoms with Crippen LogP contribution in [0.25, 0.3) is 22.8 Å². The van der Waals surface area contributed by atoms with Crippen molar-refractivity contribution in [2.75, 3.05) is 24.5 Å². The Morgan fingerprint density at radius 3 is 2.43 bits per heavy atom. The summed E-state index contributed by atoms with van der Waals surface area (Å²) in [6.45, 7) is 3.95. The number of rotatable bonds is 5. The molecule has 2 aliphatic rings. The van der Waals surface area contributed by atoms with Gasteiger partial charge in [-0.1, -0.05) is 35.0 Å². The Balaban J connectivity index is 0.000000405. The summed E-state index contributed by atoms with van der Waals surface area (Å²) in [5.41, 5.74) is 3.64. The molecule has 196 valence electrons. The molecule has 2 saturated heterocycles. The summed E-state index contributed by atoms with van der Waals surface area (Å²) < 4.78 is 37.3. The molecule has 12 heteroatoms. The molecule has 37 heavy (non-hydrogen) atoms. The lowest BCUT2D eigenvalue weighted by Crippen LogP contribution is -2.23. The number of carboxylic acid groups (broad SMARTS) is 1. The van der Waals surface area contributed by atoms with E-state index in [4.69, 9.17) is 26.0 Å². The average Bonchev–Trinajstić information content (AvgIpc) is 3.62. The number of aromatic nitrogens is 2. The van der Waals surface area contributed by atoms with E-state index in [1.54, 1.807) is 11.0 Å². The maximum atomic E-state index is 12.1. The highest BCUT2D eigenvalue weighted by atomic mass is 35.5. The summed E-state index contributed by atoms with van der Waals surface area (Å²) in [7, 11) is 0. The highest BCUT2D eigenvalue weighted by Gasteiger charge is 2.38. The van der Waals surface area contributed by atoms with Crippen LogP contribution in [0.2, 0.25) is 5.02 Å². The quantitative estimate of drug-likeness (QED) is 0.465. The van der Waals surface area contributed by atoms with E-state index in [-0.39, 0.29) is 5.91 Å². The number of carbonyl (C=O) groups excluding carboxylic acids is 1. The van der Waals surface area contributed by atoms with Crippen molar-refractivity contribution in [1.29, 1.82) is 0 Å². The smallest absolute Gasteiger partial charge is 0.475 e. The molecular weight excluding hydrogens is 513 g/mol. The van der Waals surface area contributed by atoms with Gasteiger partial charge in [-0.3, -0.25) is 9.69 Å². The minimum atomic E-state index is -5.08. The van der Waals surface area contributed by atoms with Crippen LogP contribution < -0.4 is 4.90 Å². The zero-order chi connectivity index (χ0) is 26.6. The van der Waals surface area contributed by atoms with Gasteiger partial charge in [-0.15, -0.1) is 0 Å². The monoisotopic (exact) mass is 536 g/mol. The fraction of sp³-hybridized carbons (Fsp3) is 0.360. The third kappa shape index (κ3) is 6.66. The molecule has 0 spiro atoms. The number of carboxylic acids is 1. The number of nitrogens with zero attached hydrogens (tertiary/aromatic N) is 4. The van der Waals surface area contributed by atoms with E-state index in [0.29, 0.717) is 35.4 Å². The summed E-state index contributed by atoms with van der Waals surface area (Å²) in [5.74, 6) is -1.69. The molecule has 1 N–H and O–H groups in total. The van der Waals surface area contributed by atoms with Gasteiger partial charge in [-0.25, -0.2) is 4.79 Å². The Morgan fingerprint density at radius 2 is 1.78 bits per heavy atom. The first-order chi connectivity index (χ1) is 17.6. The minimum Gasteiger partial charge on any atom is -0.475 e. The standard InChI is InChI=1S/C23H23ClN4O2.C2HF3O2/c24-19-9-8-18(14-20(19)28-12-4-7-21(28)29)23-25-22(26-30-23)17-6-3-5-16(13-17)15-27-10-1-2-11-27;3-2(4,5)1(6)7/h3,5-6,8-9,13-14H,1-2,4,7,10-12,15H2;(H,6,7). The van der Waals surface area contributed by atoms with Crippen LogP contribution in [0.15, 0.2) is 47.0 Å². The number of benzene rings is 2. The van der Waals surface area contributed by atoms with E-state index >= 15 is 0 Å². The van der Waals surface area contributed by atoms with Crippen molar-refractivity contribution in [2.24, 2.45) is 0 Å². The first-order valence-electron chi connectivity index (χ1n) is 11.7. The summed E-state index contributed by atoms with van der Waals surface area (Å²) in [4.78, 5) is 29.8. The molecule has 2 aromatic carbocycles. The second kappa shape index (κ2) is 11.3. The summed E-state index contributed by atoms with van der Waals surface area (Å²) in [6.07, 6.45) is -1.13. The van der Waals surface area contributed by atoms with Gasteiger partial charge >= 0.3 is 12.1 Å². The molecule has 0 atom stereocenters. The minimum absolute atomic E-state index is 0.0927. The van der Waals surface area contributed by atoms with Crippen molar-refractivity contribution in [3.8, 4) is 22.8 Å². The fourth-order valence-electron chi connectivity index (χ4n) is 4.22. The average molecular weight is 537 g/mol. The maximum absolute atomic E-state index is 12.1. The van der Waals surface area contributed by atoms with Gasteiger partial charge in [0, 0.05) is 30.6 Å². The molecule has 0 aliphatic carbocycles. The van der Waals surface area contributed by atoms with Crippen molar-refractivity contribution in [2.45, 2.75) is 38.4 Å². The number of aliphatic carboxylic acids is 1. The molecule has 0 bridgehead atoms. The van der Waals surface area contributed by atoms with Crippen molar-refractivity contribution >= 4 is 29.2 Å². The van der Waals surface area contributed by atoms with Crippen LogP contribution in [0.1, 0.15) is 31.2 Å². The van der Waals surface area contributed by atoms with Gasteiger partial charge in [0.15, 0.2) is 0 Å². The van der Waals surface area contributed by atoms with Crippen LogP contribution in [-0.2, 0) is 16.1 Å². The summed E-state index contributed by atoms with van der Waals surface area (Å²) >= 11 is 6.35. The number of likely N-dealkylation sites (tertiary alicyclic amines) is 1. The van der Waals surface area contributed by atoms with Crippen molar-refractivity contribution in [3.05, 3.63) is 53.1 Å². The number of anilines is 1. The predicted molar refractivity (Wildman–Crippen MR) is 130 cm³/mol. The van der Waals surface area contributed by atoms with E-state index < -0.39 is 12.1 Å². The molecule has 1 aromatic heterocycles. The van der Waals surface area contributed by atoms with E-state index in [0.717, 1.165) is 37.2 Å². The Bertz CT molecular complexity index is 1270. The Labute approximate surface area is 215 Å².